The Hall–Kier alpha value is -0.120. The standard InChI is InChI=1S/C4H13N3/c1-7-4(6)2-3-5/h4,7H,2-3,5-6H2,1H3. The van der Waals surface area contributed by atoms with Crippen LogP contribution in [0.4, 0.5) is 0 Å². The van der Waals surface area contributed by atoms with Gasteiger partial charge in [-0.15, -0.1) is 0 Å². The number of nitrogens with two attached hydrogens (primary N) is 2. The quantitative estimate of drug-likeness (QED) is 0.395. The van der Waals surface area contributed by atoms with E-state index in [0.717, 1.165) is 6.42 Å². The summed E-state index contributed by atoms with van der Waals surface area (Å²) < 4.78 is 0. The Kier molecular flexibility index (Phi) is 3.98. The zero-order valence-electron chi connectivity index (χ0n) is 4.65. The Morgan fingerprint density at radius 2 is 2.29 bits per heavy atom. The van der Waals surface area contributed by atoms with E-state index in [1.54, 1.807) is 0 Å². The van der Waals surface area contributed by atoms with E-state index in [9.17, 15) is 0 Å². The van der Waals surface area contributed by atoms with E-state index in [4.69, 9.17) is 11.5 Å². The van der Waals surface area contributed by atoms with E-state index in [0.29, 0.717) is 6.54 Å². The predicted molar refractivity (Wildman–Crippen MR) is 30.7 cm³/mol. The number of nitrogens with one attached hydrogen (secondary N) is 1. The minimum Gasteiger partial charge on any atom is -0.330 e. The Morgan fingerprint density at radius 3 is 2.43 bits per heavy atom. The molecule has 0 saturated heterocycles. The van der Waals surface area contributed by atoms with E-state index in [1.165, 1.54) is 0 Å². The van der Waals surface area contributed by atoms with Crippen LogP contribution in [0.3, 0.4) is 0 Å². The Balaban J connectivity index is 2.83. The van der Waals surface area contributed by atoms with Crippen LogP contribution in [0.15, 0.2) is 0 Å². The summed E-state index contributed by atoms with van der Waals surface area (Å²) in [6.45, 7) is 0.655. The SMILES string of the molecule is CNC(N)CCN. The minimum atomic E-state index is 0.0741. The van der Waals surface area contributed by atoms with Crippen LogP contribution in [0.1, 0.15) is 6.42 Å². The highest BCUT2D eigenvalue weighted by molar-refractivity contribution is 4.53. The maximum absolute atomic E-state index is 5.39. The van der Waals surface area contributed by atoms with Gasteiger partial charge in [0.2, 0.25) is 0 Å². The van der Waals surface area contributed by atoms with Gasteiger partial charge in [0.25, 0.3) is 0 Å². The number of hydrogen-bond acceptors (Lipinski definition) is 3. The summed E-state index contributed by atoms with van der Waals surface area (Å²) in [7, 11) is 1.82. The van der Waals surface area contributed by atoms with Crippen molar-refractivity contribution in [2.75, 3.05) is 13.6 Å². The molecule has 0 saturated carbocycles. The molecule has 0 aliphatic rings. The molecule has 0 aliphatic heterocycles. The number of rotatable bonds is 3. The Labute approximate surface area is 44.1 Å². The third kappa shape index (κ3) is 3.72. The molecule has 0 aromatic rings. The fourth-order valence-electron chi connectivity index (χ4n) is 0.324. The summed E-state index contributed by atoms with van der Waals surface area (Å²) >= 11 is 0. The summed E-state index contributed by atoms with van der Waals surface area (Å²) in [4.78, 5) is 0. The van der Waals surface area contributed by atoms with Crippen molar-refractivity contribution in [2.45, 2.75) is 12.6 Å². The van der Waals surface area contributed by atoms with Crippen LogP contribution in [0.2, 0.25) is 0 Å². The monoisotopic (exact) mass is 103 g/mol. The molecule has 5 N–H and O–H groups in total. The van der Waals surface area contributed by atoms with Gasteiger partial charge in [0.1, 0.15) is 0 Å². The summed E-state index contributed by atoms with van der Waals surface area (Å²) in [6, 6.07) is 0. The highest BCUT2D eigenvalue weighted by Crippen LogP contribution is 1.73. The second kappa shape index (κ2) is 4.05. The summed E-state index contributed by atoms with van der Waals surface area (Å²) in [6.07, 6.45) is 0.918. The van der Waals surface area contributed by atoms with Gasteiger partial charge in [-0.2, -0.15) is 0 Å². The van der Waals surface area contributed by atoms with Crippen LogP contribution in [0.25, 0.3) is 0 Å². The van der Waals surface area contributed by atoms with Crippen molar-refractivity contribution in [3.63, 3.8) is 0 Å². The molecule has 3 nitrogen and oxygen atoms in total. The first-order chi connectivity index (χ1) is 3.31. The van der Waals surface area contributed by atoms with Crippen LogP contribution in [0, 0.1) is 0 Å². The molecular weight excluding hydrogens is 90.1 g/mol. The van der Waals surface area contributed by atoms with Gasteiger partial charge >= 0.3 is 0 Å². The van der Waals surface area contributed by atoms with Gasteiger partial charge in [0.05, 0.1) is 6.17 Å². The maximum Gasteiger partial charge on any atom is 0.0555 e. The van der Waals surface area contributed by atoms with Crippen molar-refractivity contribution in [3.8, 4) is 0 Å². The molecule has 0 aromatic carbocycles. The maximum atomic E-state index is 5.39. The van der Waals surface area contributed by atoms with Gasteiger partial charge in [-0.1, -0.05) is 0 Å². The second-order valence-corrected chi connectivity index (χ2v) is 1.47. The van der Waals surface area contributed by atoms with Crippen LogP contribution in [-0.2, 0) is 0 Å². The second-order valence-electron chi connectivity index (χ2n) is 1.47. The molecule has 3 heteroatoms. The van der Waals surface area contributed by atoms with Crippen LogP contribution < -0.4 is 16.8 Å². The van der Waals surface area contributed by atoms with Crippen molar-refractivity contribution in [2.24, 2.45) is 11.5 Å². The molecule has 0 spiro atoms. The molecule has 0 heterocycles. The first kappa shape index (κ1) is 6.88. The first-order valence-corrected chi connectivity index (χ1v) is 2.44. The summed E-state index contributed by atoms with van der Waals surface area (Å²) in [5.41, 5.74) is 10.6. The molecule has 0 aliphatic carbocycles. The third-order valence-corrected chi connectivity index (χ3v) is 0.848. The van der Waals surface area contributed by atoms with Gasteiger partial charge in [-0.3, -0.25) is 0 Å². The summed E-state index contributed by atoms with van der Waals surface area (Å²) in [5, 5.41) is 2.86. The van der Waals surface area contributed by atoms with Crippen molar-refractivity contribution >= 4 is 0 Å². The molecule has 0 fully saturated rings. The zero-order chi connectivity index (χ0) is 5.70. The van der Waals surface area contributed by atoms with E-state index >= 15 is 0 Å². The smallest absolute Gasteiger partial charge is 0.0555 e. The summed E-state index contributed by atoms with van der Waals surface area (Å²) in [5.74, 6) is 0. The Bertz CT molecular complexity index is 37.9. The van der Waals surface area contributed by atoms with Gasteiger partial charge in [-0.25, -0.2) is 0 Å². The highest BCUT2D eigenvalue weighted by Gasteiger charge is 1.91. The third-order valence-electron chi connectivity index (χ3n) is 0.848. The van der Waals surface area contributed by atoms with E-state index in [1.807, 2.05) is 7.05 Å². The molecule has 44 valence electrons. The van der Waals surface area contributed by atoms with Crippen molar-refractivity contribution in [3.05, 3.63) is 0 Å². The molecule has 0 radical (unpaired) electrons. The molecule has 1 atom stereocenters. The molecule has 0 aromatic heterocycles. The van der Waals surface area contributed by atoms with Gasteiger partial charge in [-0.05, 0) is 20.0 Å². The van der Waals surface area contributed by atoms with Gasteiger partial charge in [0, 0.05) is 0 Å². The lowest BCUT2D eigenvalue weighted by Gasteiger charge is -2.05. The highest BCUT2D eigenvalue weighted by atomic mass is 15.0. The van der Waals surface area contributed by atoms with E-state index in [-0.39, 0.29) is 6.17 Å². The normalized spacial score (nSPS) is 14.1. The fraction of sp³-hybridized carbons (Fsp3) is 1.00. The average molecular weight is 103 g/mol. The lowest BCUT2D eigenvalue weighted by atomic mass is 10.3. The van der Waals surface area contributed by atoms with Crippen LogP contribution >= 0.6 is 0 Å². The first-order valence-electron chi connectivity index (χ1n) is 2.44. The van der Waals surface area contributed by atoms with Crippen molar-refractivity contribution in [1.29, 1.82) is 0 Å². The Morgan fingerprint density at radius 1 is 1.71 bits per heavy atom. The zero-order valence-corrected chi connectivity index (χ0v) is 4.65. The van der Waals surface area contributed by atoms with Gasteiger partial charge in [0.15, 0.2) is 0 Å². The molecule has 1 unspecified atom stereocenters. The van der Waals surface area contributed by atoms with Crippen LogP contribution in [0.5, 0.6) is 0 Å². The van der Waals surface area contributed by atoms with Crippen molar-refractivity contribution < 1.29 is 0 Å². The lowest BCUT2D eigenvalue weighted by Crippen LogP contribution is -2.36. The fourth-order valence-corrected chi connectivity index (χ4v) is 0.324. The molecular formula is C4H13N3. The molecule has 0 rings (SSSR count). The van der Waals surface area contributed by atoms with Gasteiger partial charge < -0.3 is 16.8 Å². The van der Waals surface area contributed by atoms with Crippen LogP contribution in [-0.4, -0.2) is 19.8 Å². The average Bonchev–Trinajstić information content (AvgIpc) is 1.68. The minimum absolute atomic E-state index is 0.0741. The molecule has 0 bridgehead atoms. The topological polar surface area (TPSA) is 64.1 Å². The van der Waals surface area contributed by atoms with Crippen molar-refractivity contribution in [1.82, 2.24) is 5.32 Å². The molecule has 0 amide bonds. The predicted octanol–water partition coefficient (Wildman–Crippen LogP) is -1.16. The van der Waals surface area contributed by atoms with E-state index in [2.05, 4.69) is 5.32 Å². The number of hydrogen-bond donors (Lipinski definition) is 3. The molecule has 7 heavy (non-hydrogen) atoms. The van der Waals surface area contributed by atoms with E-state index < -0.39 is 0 Å². The lowest BCUT2D eigenvalue weighted by molar-refractivity contribution is 0.549. The largest absolute Gasteiger partial charge is 0.330 e.